The Kier molecular flexibility index (Phi) is 5.92. The monoisotopic (exact) mass is 281 g/mol. The molecule has 0 aliphatic carbocycles. The zero-order chi connectivity index (χ0) is 15.1. The molecular formula is C13H19N3O4. The third-order valence-electron chi connectivity index (χ3n) is 2.78. The van der Waals surface area contributed by atoms with Crippen LogP contribution in [-0.2, 0) is 4.74 Å². The molecule has 0 aromatic heterocycles. The smallest absolute Gasteiger partial charge is 0.293 e. The van der Waals surface area contributed by atoms with E-state index < -0.39 is 4.92 Å². The Balaban J connectivity index is 2.88. The minimum Gasteiger partial charge on any atom is -0.380 e. The van der Waals surface area contributed by atoms with Gasteiger partial charge in [0.2, 0.25) is 0 Å². The molecule has 7 heteroatoms. The number of carbonyl (C=O) groups excluding carboxylic acids is 1. The van der Waals surface area contributed by atoms with Gasteiger partial charge < -0.3 is 15.4 Å². The number of nitro benzene ring substituents is 1. The van der Waals surface area contributed by atoms with Gasteiger partial charge in [-0.2, -0.15) is 0 Å². The largest absolute Gasteiger partial charge is 0.380 e. The first-order chi connectivity index (χ1) is 9.49. The van der Waals surface area contributed by atoms with E-state index in [-0.39, 0.29) is 23.3 Å². The van der Waals surface area contributed by atoms with Gasteiger partial charge in [0.1, 0.15) is 5.69 Å². The fourth-order valence-electron chi connectivity index (χ4n) is 1.59. The highest BCUT2D eigenvalue weighted by Crippen LogP contribution is 2.25. The summed E-state index contributed by atoms with van der Waals surface area (Å²) in [5.74, 6) is -0.361. The molecule has 0 saturated carbocycles. The highest BCUT2D eigenvalue weighted by Gasteiger charge is 2.17. The number of ether oxygens (including phenoxy) is 1. The van der Waals surface area contributed by atoms with Crippen molar-refractivity contribution in [3.8, 4) is 0 Å². The zero-order valence-corrected chi connectivity index (χ0v) is 11.8. The quantitative estimate of drug-likeness (QED) is 0.587. The summed E-state index contributed by atoms with van der Waals surface area (Å²) in [6.45, 7) is 4.57. The first-order valence-electron chi connectivity index (χ1n) is 6.32. The minimum atomic E-state index is -0.507. The van der Waals surface area contributed by atoms with Gasteiger partial charge in [0.05, 0.1) is 11.0 Å². The minimum absolute atomic E-state index is 0.112. The first kappa shape index (κ1) is 15.9. The second-order valence-electron chi connectivity index (χ2n) is 4.28. The number of hydrogen-bond acceptors (Lipinski definition) is 5. The van der Waals surface area contributed by atoms with Crippen molar-refractivity contribution in [3.63, 3.8) is 0 Å². The Morgan fingerprint density at radius 1 is 1.50 bits per heavy atom. The summed E-state index contributed by atoms with van der Waals surface area (Å²) in [6.07, 6.45) is -0.116. The average molecular weight is 281 g/mol. The van der Waals surface area contributed by atoms with Crippen LogP contribution < -0.4 is 10.6 Å². The zero-order valence-electron chi connectivity index (χ0n) is 11.8. The lowest BCUT2D eigenvalue weighted by Gasteiger charge is -2.11. The van der Waals surface area contributed by atoms with Crippen molar-refractivity contribution in [1.29, 1.82) is 0 Å². The Morgan fingerprint density at radius 3 is 2.75 bits per heavy atom. The molecule has 1 aromatic carbocycles. The lowest BCUT2D eigenvalue weighted by atomic mass is 10.1. The Bertz CT molecular complexity index is 491. The summed E-state index contributed by atoms with van der Waals surface area (Å²) in [6, 6.07) is 4.36. The van der Waals surface area contributed by atoms with Gasteiger partial charge in [0, 0.05) is 31.8 Å². The summed E-state index contributed by atoms with van der Waals surface area (Å²) in [4.78, 5) is 22.4. The van der Waals surface area contributed by atoms with Gasteiger partial charge in [-0.05, 0) is 26.0 Å². The van der Waals surface area contributed by atoms with E-state index in [1.165, 1.54) is 12.1 Å². The molecule has 2 N–H and O–H groups in total. The van der Waals surface area contributed by atoms with Crippen molar-refractivity contribution in [3.05, 3.63) is 33.9 Å². The Labute approximate surface area is 117 Å². The molecule has 0 radical (unpaired) electrons. The van der Waals surface area contributed by atoms with Crippen molar-refractivity contribution < 1.29 is 14.5 Å². The Morgan fingerprint density at radius 2 is 2.20 bits per heavy atom. The maximum atomic E-state index is 11.9. The van der Waals surface area contributed by atoms with Crippen LogP contribution in [0.25, 0.3) is 0 Å². The van der Waals surface area contributed by atoms with Gasteiger partial charge in [0.25, 0.3) is 11.6 Å². The molecule has 1 atom stereocenters. The topological polar surface area (TPSA) is 93.5 Å². The summed E-state index contributed by atoms with van der Waals surface area (Å²) in [5, 5.41) is 16.5. The predicted octanol–water partition coefficient (Wildman–Crippen LogP) is 1.79. The van der Waals surface area contributed by atoms with E-state index >= 15 is 0 Å². The summed E-state index contributed by atoms with van der Waals surface area (Å²) < 4.78 is 5.02. The highest BCUT2D eigenvalue weighted by atomic mass is 16.6. The van der Waals surface area contributed by atoms with E-state index in [9.17, 15) is 14.9 Å². The number of nitrogens with zero attached hydrogens (tertiary/aromatic N) is 1. The van der Waals surface area contributed by atoms with Gasteiger partial charge in [-0.3, -0.25) is 14.9 Å². The first-order valence-corrected chi connectivity index (χ1v) is 6.32. The molecule has 0 saturated heterocycles. The van der Waals surface area contributed by atoms with E-state index in [1.54, 1.807) is 13.2 Å². The van der Waals surface area contributed by atoms with Crippen molar-refractivity contribution in [1.82, 2.24) is 5.32 Å². The molecule has 1 aromatic rings. The predicted molar refractivity (Wildman–Crippen MR) is 76.1 cm³/mol. The maximum absolute atomic E-state index is 11.9. The third kappa shape index (κ3) is 4.20. The number of rotatable bonds is 7. The number of nitro groups is 1. The average Bonchev–Trinajstić information content (AvgIpc) is 2.44. The molecule has 110 valence electrons. The van der Waals surface area contributed by atoms with Crippen LogP contribution in [0.5, 0.6) is 0 Å². The van der Waals surface area contributed by atoms with Crippen LogP contribution in [0.2, 0.25) is 0 Å². The SMILES string of the molecule is CCNc1ccc(C(=O)NCC(C)OC)cc1[N+](=O)[O-]. The summed E-state index contributed by atoms with van der Waals surface area (Å²) in [5.41, 5.74) is 0.542. The summed E-state index contributed by atoms with van der Waals surface area (Å²) >= 11 is 0. The van der Waals surface area contributed by atoms with Crippen LogP contribution in [0.4, 0.5) is 11.4 Å². The number of benzene rings is 1. The van der Waals surface area contributed by atoms with E-state index in [2.05, 4.69) is 10.6 Å². The normalized spacial score (nSPS) is 11.8. The number of methoxy groups -OCH3 is 1. The summed E-state index contributed by atoms with van der Waals surface area (Å²) in [7, 11) is 1.55. The molecule has 20 heavy (non-hydrogen) atoms. The van der Waals surface area contributed by atoms with Gasteiger partial charge in [0.15, 0.2) is 0 Å². The lowest BCUT2D eigenvalue weighted by Crippen LogP contribution is -2.31. The number of nitrogens with one attached hydrogen (secondary N) is 2. The van der Waals surface area contributed by atoms with E-state index in [0.29, 0.717) is 18.8 Å². The fourth-order valence-corrected chi connectivity index (χ4v) is 1.59. The van der Waals surface area contributed by atoms with Gasteiger partial charge in [-0.1, -0.05) is 0 Å². The van der Waals surface area contributed by atoms with Crippen LogP contribution in [0, 0.1) is 10.1 Å². The second kappa shape index (κ2) is 7.44. The molecule has 1 rings (SSSR count). The lowest BCUT2D eigenvalue weighted by molar-refractivity contribution is -0.384. The number of anilines is 1. The molecule has 1 unspecified atom stereocenters. The van der Waals surface area contributed by atoms with E-state index in [0.717, 1.165) is 0 Å². The molecule has 0 aliphatic heterocycles. The molecule has 0 bridgehead atoms. The van der Waals surface area contributed by atoms with Crippen molar-refractivity contribution in [2.24, 2.45) is 0 Å². The maximum Gasteiger partial charge on any atom is 0.293 e. The Hall–Kier alpha value is -2.15. The molecule has 0 fully saturated rings. The molecule has 0 spiro atoms. The van der Waals surface area contributed by atoms with Gasteiger partial charge in [-0.15, -0.1) is 0 Å². The third-order valence-corrected chi connectivity index (χ3v) is 2.78. The standard InChI is InChI=1S/C13H19N3O4/c1-4-14-11-6-5-10(7-12(11)16(18)19)13(17)15-8-9(2)20-3/h5-7,9,14H,4,8H2,1-3H3,(H,15,17). The van der Waals surface area contributed by atoms with Crippen LogP contribution in [-0.4, -0.2) is 37.1 Å². The van der Waals surface area contributed by atoms with Crippen LogP contribution in [0.1, 0.15) is 24.2 Å². The molecule has 7 nitrogen and oxygen atoms in total. The molecule has 0 heterocycles. The number of hydrogen-bond donors (Lipinski definition) is 2. The van der Waals surface area contributed by atoms with Crippen molar-refractivity contribution in [2.75, 3.05) is 25.5 Å². The number of carbonyl (C=O) groups is 1. The van der Waals surface area contributed by atoms with E-state index in [1.807, 2.05) is 13.8 Å². The fraction of sp³-hybridized carbons (Fsp3) is 0.462. The van der Waals surface area contributed by atoms with Crippen LogP contribution in [0.3, 0.4) is 0 Å². The van der Waals surface area contributed by atoms with Crippen molar-refractivity contribution >= 4 is 17.3 Å². The highest BCUT2D eigenvalue weighted by molar-refractivity contribution is 5.95. The molecule has 0 aliphatic rings. The van der Waals surface area contributed by atoms with Crippen LogP contribution in [0.15, 0.2) is 18.2 Å². The van der Waals surface area contributed by atoms with Gasteiger partial charge in [-0.25, -0.2) is 0 Å². The number of amides is 1. The van der Waals surface area contributed by atoms with E-state index in [4.69, 9.17) is 4.74 Å². The molecular weight excluding hydrogens is 262 g/mol. The molecule has 1 amide bonds. The second-order valence-corrected chi connectivity index (χ2v) is 4.28. The van der Waals surface area contributed by atoms with Gasteiger partial charge >= 0.3 is 0 Å². The van der Waals surface area contributed by atoms with Crippen LogP contribution >= 0.6 is 0 Å². The van der Waals surface area contributed by atoms with Crippen molar-refractivity contribution in [2.45, 2.75) is 20.0 Å².